The third-order valence-electron chi connectivity index (χ3n) is 1.77. The molecule has 1 N–H and O–H groups in total. The molecule has 0 aliphatic heterocycles. The van der Waals surface area contributed by atoms with Gasteiger partial charge in [-0.1, -0.05) is 25.1 Å². The molecule has 0 saturated heterocycles. The van der Waals surface area contributed by atoms with Crippen molar-refractivity contribution >= 4 is 37.6 Å². The molecule has 1 rings (SSSR count). The van der Waals surface area contributed by atoms with Crippen LogP contribution in [0.15, 0.2) is 33.9 Å². The molecular weight excluding hydrogens is 316 g/mol. The SMILES string of the molecule is C=C(CC)NS(=O)(=O)c1cc(Br)cnc1Cl. The molecule has 4 nitrogen and oxygen atoms in total. The van der Waals surface area contributed by atoms with E-state index in [0.717, 1.165) is 0 Å². The van der Waals surface area contributed by atoms with Crippen molar-refractivity contribution in [2.45, 2.75) is 18.2 Å². The molecule has 1 heterocycles. The van der Waals surface area contributed by atoms with Gasteiger partial charge in [0, 0.05) is 16.4 Å². The van der Waals surface area contributed by atoms with Crippen LogP contribution in [0, 0.1) is 0 Å². The lowest BCUT2D eigenvalue weighted by Crippen LogP contribution is -2.22. The number of sulfonamides is 1. The van der Waals surface area contributed by atoms with Gasteiger partial charge in [0.05, 0.1) is 0 Å². The zero-order valence-electron chi connectivity index (χ0n) is 8.50. The Kier molecular flexibility index (Phi) is 4.35. The van der Waals surface area contributed by atoms with E-state index in [2.05, 4.69) is 32.2 Å². The Hall–Kier alpha value is -0.590. The minimum atomic E-state index is -3.70. The van der Waals surface area contributed by atoms with Gasteiger partial charge in [0.2, 0.25) is 0 Å². The molecule has 0 aromatic carbocycles. The lowest BCUT2D eigenvalue weighted by molar-refractivity contribution is 0.587. The van der Waals surface area contributed by atoms with Crippen LogP contribution in [0.4, 0.5) is 0 Å². The van der Waals surface area contributed by atoms with Crippen molar-refractivity contribution in [3.63, 3.8) is 0 Å². The van der Waals surface area contributed by atoms with Crippen LogP contribution in [0.1, 0.15) is 13.3 Å². The first kappa shape index (κ1) is 13.5. The number of halogens is 2. The zero-order valence-corrected chi connectivity index (χ0v) is 11.7. The maximum atomic E-state index is 11.9. The van der Waals surface area contributed by atoms with Gasteiger partial charge < -0.3 is 0 Å². The lowest BCUT2D eigenvalue weighted by Gasteiger charge is -2.09. The van der Waals surface area contributed by atoms with Gasteiger partial charge in [0.1, 0.15) is 10.0 Å². The summed E-state index contributed by atoms with van der Waals surface area (Å²) in [5, 5.41) is -0.0698. The van der Waals surface area contributed by atoms with E-state index in [1.54, 1.807) is 6.92 Å². The van der Waals surface area contributed by atoms with Crippen LogP contribution < -0.4 is 4.72 Å². The molecule has 0 atom stereocenters. The van der Waals surface area contributed by atoms with Gasteiger partial charge in [-0.25, -0.2) is 13.4 Å². The second-order valence-corrected chi connectivity index (χ2v) is 5.93. The largest absolute Gasteiger partial charge is 0.284 e. The van der Waals surface area contributed by atoms with Gasteiger partial charge in [-0.05, 0) is 28.4 Å². The predicted octanol–water partition coefficient (Wildman–Crippen LogP) is 2.70. The Morgan fingerprint density at radius 2 is 2.31 bits per heavy atom. The maximum Gasteiger partial charge on any atom is 0.264 e. The summed E-state index contributed by atoms with van der Waals surface area (Å²) in [7, 11) is -3.70. The van der Waals surface area contributed by atoms with Gasteiger partial charge in [-0.2, -0.15) is 0 Å². The zero-order chi connectivity index (χ0) is 12.3. The molecule has 0 aliphatic carbocycles. The standard InChI is InChI=1S/C9H10BrClN2O2S/c1-3-6(2)13-16(14,15)8-4-7(10)5-12-9(8)11/h4-5,13H,2-3H2,1H3. The van der Waals surface area contributed by atoms with Crippen LogP contribution in [-0.2, 0) is 10.0 Å². The maximum absolute atomic E-state index is 11.9. The van der Waals surface area contributed by atoms with Crippen molar-refractivity contribution < 1.29 is 8.42 Å². The molecule has 0 radical (unpaired) electrons. The molecule has 0 spiro atoms. The van der Waals surface area contributed by atoms with E-state index in [4.69, 9.17) is 11.6 Å². The summed E-state index contributed by atoms with van der Waals surface area (Å²) in [5.74, 6) is 0. The Morgan fingerprint density at radius 3 is 2.88 bits per heavy atom. The Labute approximate surface area is 108 Å². The van der Waals surface area contributed by atoms with E-state index in [1.807, 2.05) is 0 Å². The van der Waals surface area contributed by atoms with Crippen LogP contribution in [0.3, 0.4) is 0 Å². The molecule has 1 aromatic heterocycles. The van der Waals surface area contributed by atoms with Gasteiger partial charge in [-0.15, -0.1) is 0 Å². The highest BCUT2D eigenvalue weighted by molar-refractivity contribution is 9.10. The number of rotatable bonds is 4. The van der Waals surface area contributed by atoms with Crippen LogP contribution in [0.25, 0.3) is 0 Å². The third kappa shape index (κ3) is 3.20. The number of aromatic nitrogens is 1. The highest BCUT2D eigenvalue weighted by Gasteiger charge is 2.19. The summed E-state index contributed by atoms with van der Waals surface area (Å²) in [6, 6.07) is 1.39. The van der Waals surface area contributed by atoms with E-state index in [9.17, 15) is 8.42 Å². The van der Waals surface area contributed by atoms with Crippen LogP contribution in [0.5, 0.6) is 0 Å². The quantitative estimate of drug-likeness (QED) is 0.866. The molecule has 16 heavy (non-hydrogen) atoms. The van der Waals surface area contributed by atoms with Crippen LogP contribution in [-0.4, -0.2) is 13.4 Å². The molecule has 0 aliphatic rings. The van der Waals surface area contributed by atoms with Gasteiger partial charge in [-0.3, -0.25) is 4.72 Å². The predicted molar refractivity (Wildman–Crippen MR) is 66.7 cm³/mol. The minimum absolute atomic E-state index is 0.0698. The van der Waals surface area contributed by atoms with E-state index in [0.29, 0.717) is 16.6 Å². The van der Waals surface area contributed by atoms with E-state index in [1.165, 1.54) is 12.3 Å². The van der Waals surface area contributed by atoms with Gasteiger partial charge in [0.25, 0.3) is 10.0 Å². The molecule has 0 bridgehead atoms. The summed E-state index contributed by atoms with van der Waals surface area (Å²) in [6.45, 7) is 5.37. The number of hydrogen-bond donors (Lipinski definition) is 1. The fourth-order valence-electron chi connectivity index (χ4n) is 0.910. The highest BCUT2D eigenvalue weighted by Crippen LogP contribution is 2.22. The fourth-order valence-corrected chi connectivity index (χ4v) is 2.99. The molecule has 7 heteroatoms. The minimum Gasteiger partial charge on any atom is -0.284 e. The number of allylic oxidation sites excluding steroid dienone is 1. The Balaban J connectivity index is 3.17. The Bertz CT molecular complexity index is 516. The normalized spacial score (nSPS) is 11.2. The average Bonchev–Trinajstić information content (AvgIpc) is 2.20. The first-order chi connectivity index (χ1) is 7.36. The second kappa shape index (κ2) is 5.16. The first-order valence-electron chi connectivity index (χ1n) is 4.38. The smallest absolute Gasteiger partial charge is 0.264 e. The summed E-state index contributed by atoms with van der Waals surface area (Å²) in [4.78, 5) is 3.68. The monoisotopic (exact) mass is 324 g/mol. The third-order valence-corrected chi connectivity index (χ3v) is 4.06. The Morgan fingerprint density at radius 1 is 1.69 bits per heavy atom. The van der Waals surface area contributed by atoms with Gasteiger partial charge >= 0.3 is 0 Å². The lowest BCUT2D eigenvalue weighted by atomic mass is 10.4. The molecule has 1 aromatic rings. The highest BCUT2D eigenvalue weighted by atomic mass is 79.9. The molecular formula is C9H10BrClN2O2S. The molecule has 0 fully saturated rings. The van der Waals surface area contributed by atoms with Crippen LogP contribution >= 0.6 is 27.5 Å². The summed E-state index contributed by atoms with van der Waals surface area (Å²) >= 11 is 8.86. The van der Waals surface area contributed by atoms with Gasteiger partial charge in [0.15, 0.2) is 0 Å². The summed E-state index contributed by atoms with van der Waals surface area (Å²) in [5.41, 5.74) is 0.399. The van der Waals surface area contributed by atoms with E-state index < -0.39 is 10.0 Å². The number of pyridine rings is 1. The molecule has 0 saturated carbocycles. The summed E-state index contributed by atoms with van der Waals surface area (Å²) < 4.78 is 26.6. The first-order valence-corrected chi connectivity index (χ1v) is 7.04. The van der Waals surface area contributed by atoms with Crippen molar-refractivity contribution in [2.75, 3.05) is 0 Å². The second-order valence-electron chi connectivity index (χ2n) is 3.01. The van der Waals surface area contributed by atoms with Crippen molar-refractivity contribution in [3.8, 4) is 0 Å². The van der Waals surface area contributed by atoms with Crippen molar-refractivity contribution in [1.82, 2.24) is 9.71 Å². The molecule has 0 amide bonds. The van der Waals surface area contributed by atoms with Crippen molar-refractivity contribution in [1.29, 1.82) is 0 Å². The fraction of sp³-hybridized carbons (Fsp3) is 0.222. The summed E-state index contributed by atoms with van der Waals surface area (Å²) in [6.07, 6.45) is 1.94. The number of nitrogens with zero attached hydrogens (tertiary/aromatic N) is 1. The van der Waals surface area contributed by atoms with E-state index in [-0.39, 0.29) is 10.0 Å². The van der Waals surface area contributed by atoms with E-state index >= 15 is 0 Å². The average molecular weight is 326 g/mol. The molecule has 0 unspecified atom stereocenters. The van der Waals surface area contributed by atoms with Crippen molar-refractivity contribution in [2.24, 2.45) is 0 Å². The topological polar surface area (TPSA) is 59.1 Å². The van der Waals surface area contributed by atoms with Crippen molar-refractivity contribution in [3.05, 3.63) is 34.2 Å². The number of hydrogen-bond acceptors (Lipinski definition) is 3. The number of nitrogens with one attached hydrogen (secondary N) is 1. The van der Waals surface area contributed by atoms with Crippen LogP contribution in [0.2, 0.25) is 5.15 Å². The molecule has 88 valence electrons.